The summed E-state index contributed by atoms with van der Waals surface area (Å²) < 4.78 is 2.20. The first kappa shape index (κ1) is 43.9. The van der Waals surface area contributed by atoms with Crippen LogP contribution in [0.5, 0.6) is 0 Å². The lowest BCUT2D eigenvalue weighted by molar-refractivity contribution is 0.768. The summed E-state index contributed by atoms with van der Waals surface area (Å²) in [5.74, 6) is 0. The Morgan fingerprint density at radius 1 is 0.333 bits per heavy atom. The highest BCUT2D eigenvalue weighted by Gasteiger charge is 2.47. The molecule has 1 aliphatic rings. The van der Waals surface area contributed by atoms with Crippen LogP contribution in [0, 0.1) is 0 Å². The summed E-state index contributed by atoms with van der Waals surface area (Å²) in [7, 11) is 0. The highest BCUT2D eigenvalue weighted by atomic mass is 15.2. The van der Waals surface area contributed by atoms with Gasteiger partial charge in [0.2, 0.25) is 0 Å². The fraction of sp³-hybridized carbons (Fsp3) is 0.0139. The van der Waals surface area contributed by atoms with Gasteiger partial charge >= 0.3 is 0 Å². The first-order valence-electron chi connectivity index (χ1n) is 25.8. The maximum Gasteiger partial charge on any atom is 0.101 e. The molecular formula is C72H49N3. The zero-order chi connectivity index (χ0) is 49.7. The molecule has 0 bridgehead atoms. The molecule has 0 aliphatic heterocycles. The van der Waals surface area contributed by atoms with Crippen LogP contribution in [0.15, 0.2) is 297 Å². The van der Waals surface area contributed by atoms with Crippen molar-refractivity contribution in [3.63, 3.8) is 0 Å². The molecule has 0 N–H and O–H groups in total. The minimum atomic E-state index is -0.588. The van der Waals surface area contributed by atoms with Crippen molar-refractivity contribution in [3.8, 4) is 67.0 Å². The van der Waals surface area contributed by atoms with E-state index in [4.69, 9.17) is 5.10 Å². The van der Waals surface area contributed by atoms with Crippen molar-refractivity contribution in [3.05, 3.63) is 320 Å². The van der Waals surface area contributed by atoms with Gasteiger partial charge in [-0.05, 0) is 85.8 Å². The molecule has 2 aromatic heterocycles. The molecule has 11 aromatic carbocycles. The summed E-state index contributed by atoms with van der Waals surface area (Å²) in [4.78, 5) is 2.54. The van der Waals surface area contributed by atoms with Crippen LogP contribution in [0.25, 0.3) is 83.3 Å². The molecule has 0 spiro atoms. The second-order valence-corrected chi connectivity index (χ2v) is 19.4. The third kappa shape index (κ3) is 7.16. The third-order valence-corrected chi connectivity index (χ3v) is 15.3. The van der Waals surface area contributed by atoms with Crippen molar-refractivity contribution in [1.29, 1.82) is 0 Å². The predicted molar refractivity (Wildman–Crippen MR) is 312 cm³/mol. The van der Waals surface area contributed by atoms with E-state index in [0.29, 0.717) is 0 Å². The Morgan fingerprint density at radius 2 is 0.827 bits per heavy atom. The van der Waals surface area contributed by atoms with Crippen LogP contribution in [0.1, 0.15) is 22.3 Å². The van der Waals surface area contributed by atoms with Crippen molar-refractivity contribution in [1.82, 2.24) is 9.61 Å². The molecule has 0 unspecified atom stereocenters. The van der Waals surface area contributed by atoms with E-state index in [0.717, 1.165) is 78.1 Å². The topological polar surface area (TPSA) is 20.5 Å². The van der Waals surface area contributed by atoms with Crippen LogP contribution >= 0.6 is 0 Å². The average molecular weight is 956 g/mol. The number of benzene rings is 11. The molecule has 352 valence electrons. The molecule has 13 aromatic rings. The number of nitrogens with zero attached hydrogens (tertiary/aromatic N) is 3. The third-order valence-electron chi connectivity index (χ3n) is 15.3. The maximum atomic E-state index is 5.62. The Bertz CT molecular complexity index is 4170. The summed E-state index contributed by atoms with van der Waals surface area (Å²) in [5.41, 5.74) is 22.0. The molecule has 0 saturated heterocycles. The van der Waals surface area contributed by atoms with E-state index in [1.807, 2.05) is 0 Å². The summed E-state index contributed by atoms with van der Waals surface area (Å²) >= 11 is 0. The molecule has 0 radical (unpaired) electrons. The Hall–Kier alpha value is -9.83. The van der Waals surface area contributed by atoms with E-state index in [1.54, 1.807) is 0 Å². The lowest BCUT2D eigenvalue weighted by atomic mass is 9.68. The fourth-order valence-electron chi connectivity index (χ4n) is 12.1. The van der Waals surface area contributed by atoms with E-state index in [1.165, 1.54) is 44.5 Å². The van der Waals surface area contributed by atoms with E-state index >= 15 is 0 Å². The van der Waals surface area contributed by atoms with Crippen molar-refractivity contribution < 1.29 is 0 Å². The molecule has 2 heterocycles. The SMILES string of the molecule is c1ccc(-c2ccccc2-c2ccccc2N(c2ccc3cc(-c4ccccc4)n4nc(-c5ccccc5)c(-c5ccccc5)c4c3c2)c2cccc3c2-c2ccccc2C3(c2ccccc2)c2ccccc2)cc1. The summed E-state index contributed by atoms with van der Waals surface area (Å²) in [6.07, 6.45) is 0. The molecular weight excluding hydrogens is 907 g/mol. The van der Waals surface area contributed by atoms with Gasteiger partial charge in [-0.15, -0.1) is 0 Å². The van der Waals surface area contributed by atoms with Crippen molar-refractivity contribution in [2.45, 2.75) is 5.41 Å². The largest absolute Gasteiger partial charge is 0.309 e. The average Bonchev–Trinajstić information content (AvgIpc) is 4.08. The molecule has 75 heavy (non-hydrogen) atoms. The minimum absolute atomic E-state index is 0.588. The second-order valence-electron chi connectivity index (χ2n) is 19.4. The normalized spacial score (nSPS) is 12.4. The van der Waals surface area contributed by atoms with Gasteiger partial charge in [-0.25, -0.2) is 4.52 Å². The highest BCUT2D eigenvalue weighted by molar-refractivity contribution is 6.11. The Balaban J connectivity index is 1.11. The van der Waals surface area contributed by atoms with Gasteiger partial charge in [0.05, 0.1) is 28.0 Å². The Morgan fingerprint density at radius 3 is 1.48 bits per heavy atom. The van der Waals surface area contributed by atoms with Crippen LogP contribution in [-0.4, -0.2) is 9.61 Å². The molecule has 0 amide bonds. The minimum Gasteiger partial charge on any atom is -0.309 e. The van der Waals surface area contributed by atoms with Gasteiger partial charge in [0.1, 0.15) is 5.69 Å². The number of fused-ring (bicyclic) bond motifs is 6. The first-order chi connectivity index (χ1) is 37.3. The smallest absolute Gasteiger partial charge is 0.101 e. The van der Waals surface area contributed by atoms with Crippen molar-refractivity contribution >= 4 is 33.4 Å². The van der Waals surface area contributed by atoms with Crippen molar-refractivity contribution in [2.24, 2.45) is 0 Å². The monoisotopic (exact) mass is 955 g/mol. The van der Waals surface area contributed by atoms with Crippen LogP contribution in [0.2, 0.25) is 0 Å². The van der Waals surface area contributed by atoms with Crippen LogP contribution < -0.4 is 4.90 Å². The van der Waals surface area contributed by atoms with Gasteiger partial charge in [0.25, 0.3) is 0 Å². The first-order valence-corrected chi connectivity index (χ1v) is 25.8. The molecule has 3 nitrogen and oxygen atoms in total. The van der Waals surface area contributed by atoms with Crippen LogP contribution in [0.3, 0.4) is 0 Å². The number of pyridine rings is 1. The second kappa shape index (κ2) is 18.3. The van der Waals surface area contributed by atoms with Crippen LogP contribution in [0.4, 0.5) is 17.1 Å². The van der Waals surface area contributed by atoms with Gasteiger partial charge in [-0.1, -0.05) is 267 Å². The fourth-order valence-corrected chi connectivity index (χ4v) is 12.1. The predicted octanol–water partition coefficient (Wildman–Crippen LogP) is 18.7. The molecule has 1 aliphatic carbocycles. The van der Waals surface area contributed by atoms with Crippen LogP contribution in [-0.2, 0) is 5.41 Å². The lowest BCUT2D eigenvalue weighted by Gasteiger charge is -2.34. The summed E-state index contributed by atoms with van der Waals surface area (Å²) in [6.45, 7) is 0. The van der Waals surface area contributed by atoms with E-state index in [9.17, 15) is 0 Å². The Kier molecular flexibility index (Phi) is 10.7. The molecule has 14 rings (SSSR count). The molecule has 3 heteroatoms. The molecule has 0 atom stereocenters. The quantitative estimate of drug-likeness (QED) is 0.136. The number of rotatable bonds is 10. The van der Waals surface area contributed by atoms with E-state index in [-0.39, 0.29) is 0 Å². The van der Waals surface area contributed by atoms with E-state index in [2.05, 4.69) is 307 Å². The number of hydrogen-bond acceptors (Lipinski definition) is 2. The number of aromatic nitrogens is 2. The zero-order valence-corrected chi connectivity index (χ0v) is 41.1. The number of hydrogen-bond donors (Lipinski definition) is 0. The van der Waals surface area contributed by atoms with Gasteiger partial charge < -0.3 is 4.90 Å². The van der Waals surface area contributed by atoms with E-state index < -0.39 is 5.41 Å². The van der Waals surface area contributed by atoms with Gasteiger partial charge in [-0.3, -0.25) is 0 Å². The van der Waals surface area contributed by atoms with Gasteiger partial charge in [-0.2, -0.15) is 5.10 Å². The lowest BCUT2D eigenvalue weighted by Crippen LogP contribution is -2.28. The maximum absolute atomic E-state index is 5.62. The zero-order valence-electron chi connectivity index (χ0n) is 41.1. The molecule has 0 fully saturated rings. The van der Waals surface area contributed by atoms with Crippen molar-refractivity contribution in [2.75, 3.05) is 4.90 Å². The van der Waals surface area contributed by atoms with Gasteiger partial charge in [0.15, 0.2) is 0 Å². The Labute approximate surface area is 437 Å². The standard InChI is InChI=1S/C72H49N3/c1-7-26-50(27-8-1)58-38-19-20-39-59(58)60-40-22-24-44-65(60)74(66-45-25-43-64-69(66)61-41-21-23-42-63(61)72(64,55-34-15-5-16-35-55)56-36-17-6-18-37-56)57-47-46-54-48-67(51-28-9-2-10-29-51)75-71(62(54)49-57)68(52-30-11-3-12-31-52)70(73-75)53-32-13-4-14-33-53/h1-49H. The number of anilines is 3. The summed E-state index contributed by atoms with van der Waals surface area (Å²) in [5, 5.41) is 7.84. The van der Waals surface area contributed by atoms with Gasteiger partial charge in [0, 0.05) is 38.9 Å². The molecule has 0 saturated carbocycles. The number of para-hydroxylation sites is 1. The highest BCUT2D eigenvalue weighted by Crippen LogP contribution is 2.60. The summed E-state index contributed by atoms with van der Waals surface area (Å²) in [6, 6.07) is 108.